The van der Waals surface area contributed by atoms with Gasteiger partial charge in [-0.05, 0) is 56.7 Å². The van der Waals surface area contributed by atoms with Crippen LogP contribution in [-0.4, -0.2) is 31.9 Å². The van der Waals surface area contributed by atoms with E-state index in [1.807, 2.05) is 12.1 Å². The lowest BCUT2D eigenvalue weighted by molar-refractivity contribution is 0.0522. The van der Waals surface area contributed by atoms with Crippen molar-refractivity contribution in [2.45, 2.75) is 32.9 Å². The van der Waals surface area contributed by atoms with Crippen molar-refractivity contribution >= 4 is 23.7 Å². The SMILES string of the molecule is COC(=O)c1ccc(Cl)c(-c2ccc(OC)c(CNC(=O)OC(C)(C)C)c2)c1. The summed E-state index contributed by atoms with van der Waals surface area (Å²) in [6.07, 6.45) is -0.523. The van der Waals surface area contributed by atoms with E-state index < -0.39 is 17.7 Å². The molecule has 0 aliphatic carbocycles. The number of carbonyl (C=O) groups is 2. The minimum Gasteiger partial charge on any atom is -0.496 e. The molecule has 7 heteroatoms. The van der Waals surface area contributed by atoms with Crippen molar-refractivity contribution < 1.29 is 23.8 Å². The molecule has 0 fully saturated rings. The molecule has 0 saturated heterocycles. The smallest absolute Gasteiger partial charge is 0.407 e. The van der Waals surface area contributed by atoms with Gasteiger partial charge in [0.05, 0.1) is 19.8 Å². The summed E-state index contributed by atoms with van der Waals surface area (Å²) in [6, 6.07) is 10.4. The van der Waals surface area contributed by atoms with E-state index in [9.17, 15) is 9.59 Å². The molecule has 6 nitrogen and oxygen atoms in total. The zero-order valence-electron chi connectivity index (χ0n) is 16.6. The van der Waals surface area contributed by atoms with Crippen LogP contribution in [0.5, 0.6) is 5.75 Å². The highest BCUT2D eigenvalue weighted by molar-refractivity contribution is 6.33. The van der Waals surface area contributed by atoms with E-state index >= 15 is 0 Å². The monoisotopic (exact) mass is 405 g/mol. The summed E-state index contributed by atoms with van der Waals surface area (Å²) in [5, 5.41) is 3.20. The number of hydrogen-bond donors (Lipinski definition) is 1. The number of hydrogen-bond acceptors (Lipinski definition) is 5. The third kappa shape index (κ3) is 5.63. The van der Waals surface area contributed by atoms with Gasteiger partial charge >= 0.3 is 12.1 Å². The number of ether oxygens (including phenoxy) is 3. The van der Waals surface area contributed by atoms with Crippen molar-refractivity contribution in [2.24, 2.45) is 0 Å². The highest BCUT2D eigenvalue weighted by Gasteiger charge is 2.17. The maximum absolute atomic E-state index is 11.9. The predicted octanol–water partition coefficient (Wildman–Crippen LogP) is 4.83. The van der Waals surface area contributed by atoms with Gasteiger partial charge in [-0.2, -0.15) is 0 Å². The maximum Gasteiger partial charge on any atom is 0.407 e. The average Bonchev–Trinajstić information content (AvgIpc) is 2.64. The molecule has 150 valence electrons. The van der Waals surface area contributed by atoms with Crippen LogP contribution in [-0.2, 0) is 16.0 Å². The molecule has 0 heterocycles. The zero-order valence-corrected chi connectivity index (χ0v) is 17.3. The molecule has 0 saturated carbocycles. The van der Waals surface area contributed by atoms with Gasteiger partial charge in [-0.15, -0.1) is 0 Å². The van der Waals surface area contributed by atoms with Crippen LogP contribution in [0, 0.1) is 0 Å². The van der Waals surface area contributed by atoms with Crippen LogP contribution in [0.15, 0.2) is 36.4 Å². The molecule has 0 aromatic heterocycles. The molecule has 0 spiro atoms. The molecule has 0 bridgehead atoms. The molecular formula is C21H24ClNO5. The van der Waals surface area contributed by atoms with Gasteiger partial charge in [0.2, 0.25) is 0 Å². The van der Waals surface area contributed by atoms with E-state index in [0.717, 1.165) is 11.1 Å². The Morgan fingerprint density at radius 3 is 2.39 bits per heavy atom. The van der Waals surface area contributed by atoms with Gasteiger partial charge in [0.15, 0.2) is 0 Å². The number of rotatable bonds is 5. The van der Waals surface area contributed by atoms with Crippen molar-refractivity contribution in [1.29, 1.82) is 0 Å². The summed E-state index contributed by atoms with van der Waals surface area (Å²) in [7, 11) is 2.88. The Morgan fingerprint density at radius 2 is 1.79 bits per heavy atom. The topological polar surface area (TPSA) is 73.9 Å². The van der Waals surface area contributed by atoms with Gasteiger partial charge < -0.3 is 19.5 Å². The quantitative estimate of drug-likeness (QED) is 0.721. The van der Waals surface area contributed by atoms with Crippen molar-refractivity contribution in [2.75, 3.05) is 14.2 Å². The molecule has 2 aromatic rings. The molecule has 0 atom stereocenters. The molecule has 2 aromatic carbocycles. The van der Waals surface area contributed by atoms with E-state index in [4.69, 9.17) is 25.8 Å². The number of halogens is 1. The fourth-order valence-electron chi connectivity index (χ4n) is 2.56. The third-order valence-electron chi connectivity index (χ3n) is 3.80. The summed E-state index contributed by atoms with van der Waals surface area (Å²) in [4.78, 5) is 23.8. The summed E-state index contributed by atoms with van der Waals surface area (Å²) in [5.74, 6) is 0.165. The Bertz CT molecular complexity index is 874. The first-order chi connectivity index (χ1) is 13.1. The molecule has 0 aliphatic rings. The second-order valence-electron chi connectivity index (χ2n) is 7.07. The number of benzene rings is 2. The number of methoxy groups -OCH3 is 2. The lowest BCUT2D eigenvalue weighted by atomic mass is 10.00. The Labute approximate surface area is 169 Å². The first-order valence-electron chi connectivity index (χ1n) is 8.66. The van der Waals surface area contributed by atoms with Gasteiger partial charge in [0.25, 0.3) is 0 Å². The number of carbonyl (C=O) groups excluding carboxylic acids is 2. The van der Waals surface area contributed by atoms with E-state index in [1.165, 1.54) is 7.11 Å². The molecule has 0 unspecified atom stereocenters. The lowest BCUT2D eigenvalue weighted by Gasteiger charge is -2.20. The Hall–Kier alpha value is -2.73. The number of nitrogens with one attached hydrogen (secondary N) is 1. The highest BCUT2D eigenvalue weighted by Crippen LogP contribution is 2.32. The molecule has 1 N–H and O–H groups in total. The fraction of sp³-hybridized carbons (Fsp3) is 0.333. The Morgan fingerprint density at radius 1 is 1.07 bits per heavy atom. The predicted molar refractivity (Wildman–Crippen MR) is 108 cm³/mol. The van der Waals surface area contributed by atoms with Gasteiger partial charge in [-0.25, -0.2) is 9.59 Å². The van der Waals surface area contributed by atoms with Crippen LogP contribution in [0.25, 0.3) is 11.1 Å². The van der Waals surface area contributed by atoms with Gasteiger partial charge in [0, 0.05) is 22.7 Å². The zero-order chi connectivity index (χ0) is 20.9. The van der Waals surface area contributed by atoms with Crippen LogP contribution in [0.1, 0.15) is 36.7 Å². The lowest BCUT2D eigenvalue weighted by Crippen LogP contribution is -2.32. The number of alkyl carbamates (subject to hydrolysis) is 1. The molecule has 28 heavy (non-hydrogen) atoms. The minimum atomic E-state index is -0.585. The molecule has 2 rings (SSSR count). The van der Waals surface area contributed by atoms with E-state index in [0.29, 0.717) is 21.9 Å². The Kier molecular flexibility index (Phi) is 6.91. The standard InChI is InChI=1S/C21H24ClNO5/c1-21(2,3)28-20(25)23-12-15-10-13(7-9-18(15)26-4)16-11-14(19(24)27-5)6-8-17(16)22/h6-11H,12H2,1-5H3,(H,23,25). The third-order valence-corrected chi connectivity index (χ3v) is 4.13. The van der Waals surface area contributed by atoms with Gasteiger partial charge in [0.1, 0.15) is 11.4 Å². The minimum absolute atomic E-state index is 0.209. The normalized spacial score (nSPS) is 10.9. The number of amides is 1. The van der Waals surface area contributed by atoms with Gasteiger partial charge in [-0.3, -0.25) is 0 Å². The van der Waals surface area contributed by atoms with E-state index in [2.05, 4.69) is 5.32 Å². The summed E-state index contributed by atoms with van der Waals surface area (Å²) < 4.78 is 15.4. The van der Waals surface area contributed by atoms with Crippen LogP contribution in [0.4, 0.5) is 4.79 Å². The van der Waals surface area contributed by atoms with Crippen molar-refractivity contribution in [3.8, 4) is 16.9 Å². The first-order valence-corrected chi connectivity index (χ1v) is 9.04. The van der Waals surface area contributed by atoms with Crippen LogP contribution in [0.3, 0.4) is 0 Å². The van der Waals surface area contributed by atoms with Crippen molar-refractivity contribution in [3.05, 3.63) is 52.5 Å². The Balaban J connectivity index is 2.32. The molecular weight excluding hydrogens is 382 g/mol. The summed E-state index contributed by atoms with van der Waals surface area (Å²) in [6.45, 7) is 5.60. The highest BCUT2D eigenvalue weighted by atomic mass is 35.5. The van der Waals surface area contributed by atoms with E-state index in [-0.39, 0.29) is 6.54 Å². The van der Waals surface area contributed by atoms with Crippen molar-refractivity contribution in [1.82, 2.24) is 5.32 Å². The largest absolute Gasteiger partial charge is 0.496 e. The van der Waals surface area contributed by atoms with Gasteiger partial charge in [-0.1, -0.05) is 17.7 Å². The molecule has 0 radical (unpaired) electrons. The average molecular weight is 406 g/mol. The summed E-state index contributed by atoms with van der Waals surface area (Å²) >= 11 is 6.33. The van der Waals surface area contributed by atoms with Crippen molar-refractivity contribution in [3.63, 3.8) is 0 Å². The van der Waals surface area contributed by atoms with Crippen LogP contribution >= 0.6 is 11.6 Å². The number of esters is 1. The fourth-order valence-corrected chi connectivity index (χ4v) is 2.78. The second kappa shape index (κ2) is 8.97. The van der Waals surface area contributed by atoms with E-state index in [1.54, 1.807) is 52.1 Å². The molecule has 1 amide bonds. The molecule has 0 aliphatic heterocycles. The second-order valence-corrected chi connectivity index (χ2v) is 7.48. The van der Waals surface area contributed by atoms with Crippen LogP contribution in [0.2, 0.25) is 5.02 Å². The maximum atomic E-state index is 11.9. The first kappa shape index (κ1) is 21.6. The van der Waals surface area contributed by atoms with Crippen LogP contribution < -0.4 is 10.1 Å². The summed E-state index contributed by atoms with van der Waals surface area (Å²) in [5.41, 5.74) is 2.00.